The molecule has 0 amide bonds. The van der Waals surface area contributed by atoms with Crippen LogP contribution < -0.4 is 0 Å². The van der Waals surface area contributed by atoms with Gasteiger partial charge in [-0.1, -0.05) is 50.2 Å². The fourth-order valence-electron chi connectivity index (χ4n) is 1.96. The Balaban J connectivity index is 0.000000687. The van der Waals surface area contributed by atoms with Gasteiger partial charge in [-0.25, -0.2) is 19.6 Å². The molecule has 0 fully saturated rings. The van der Waals surface area contributed by atoms with E-state index in [-0.39, 0.29) is 21.1 Å². The van der Waals surface area contributed by atoms with Gasteiger partial charge in [0, 0.05) is 22.2 Å². The van der Waals surface area contributed by atoms with Gasteiger partial charge in [-0.3, -0.25) is 0 Å². The predicted octanol–water partition coefficient (Wildman–Crippen LogP) is 6.58. The summed E-state index contributed by atoms with van der Waals surface area (Å²) in [6.07, 6.45) is 5.67. The zero-order valence-electron chi connectivity index (χ0n) is 15.9. The summed E-state index contributed by atoms with van der Waals surface area (Å²) >= 11 is 3.83. The fourth-order valence-corrected chi connectivity index (χ4v) is 4.11. The second kappa shape index (κ2) is 11.4. The van der Waals surface area contributed by atoms with Crippen LogP contribution in [0.1, 0.15) is 57.2 Å². The van der Waals surface area contributed by atoms with Crippen molar-refractivity contribution in [2.24, 2.45) is 9.98 Å². The van der Waals surface area contributed by atoms with Crippen LogP contribution in [0, 0.1) is 0 Å². The highest BCUT2D eigenvalue weighted by Gasteiger charge is 2.27. The first-order chi connectivity index (χ1) is 14.0. The van der Waals surface area contributed by atoms with E-state index in [1.165, 1.54) is 47.9 Å². The SMILES string of the molecule is CCCC.O=C(O)c1c(N=Cc2cccs2)sc(N=Cc2cccs2)c1C(=O)O. The molecule has 9 heteroatoms. The van der Waals surface area contributed by atoms with Crippen molar-refractivity contribution in [1.82, 2.24) is 0 Å². The number of rotatable bonds is 7. The molecule has 0 aliphatic heterocycles. The second-order valence-electron chi connectivity index (χ2n) is 5.62. The number of hydrogen-bond acceptors (Lipinski definition) is 7. The molecule has 0 aliphatic rings. The van der Waals surface area contributed by atoms with Crippen molar-refractivity contribution >= 4 is 68.4 Å². The number of thiophene rings is 3. The van der Waals surface area contributed by atoms with Gasteiger partial charge in [0.05, 0.1) is 0 Å². The smallest absolute Gasteiger partial charge is 0.339 e. The van der Waals surface area contributed by atoms with Crippen LogP contribution >= 0.6 is 34.0 Å². The van der Waals surface area contributed by atoms with Crippen molar-refractivity contribution in [3.05, 3.63) is 55.9 Å². The second-order valence-corrected chi connectivity index (χ2v) is 8.56. The Kier molecular flexibility index (Phi) is 8.91. The normalized spacial score (nSPS) is 11.0. The van der Waals surface area contributed by atoms with Crippen LogP contribution in [0.5, 0.6) is 0 Å². The summed E-state index contributed by atoms with van der Waals surface area (Å²) in [5, 5.41) is 22.8. The third-order valence-electron chi connectivity index (χ3n) is 3.50. The van der Waals surface area contributed by atoms with Crippen molar-refractivity contribution in [1.29, 1.82) is 0 Å². The molecule has 2 N–H and O–H groups in total. The van der Waals surface area contributed by atoms with Gasteiger partial charge < -0.3 is 10.2 Å². The molecule has 152 valence electrons. The monoisotopic (exact) mass is 448 g/mol. The first-order valence-electron chi connectivity index (χ1n) is 8.76. The number of carboxylic acids is 2. The Morgan fingerprint density at radius 3 is 1.55 bits per heavy atom. The molecular weight excluding hydrogens is 428 g/mol. The van der Waals surface area contributed by atoms with Crippen molar-refractivity contribution in [2.75, 3.05) is 0 Å². The van der Waals surface area contributed by atoms with Crippen LogP contribution in [-0.4, -0.2) is 34.6 Å². The lowest BCUT2D eigenvalue weighted by molar-refractivity contribution is 0.0654. The minimum atomic E-state index is -1.34. The topological polar surface area (TPSA) is 99.3 Å². The third kappa shape index (κ3) is 6.45. The standard InChI is InChI=1S/C16H10N2O4S3.C4H10/c19-15(20)11-12(16(21)22)14(18-8-10-4-2-6-24-10)25-13(11)17-7-9-3-1-5-23-9;1-3-4-2/h1-8H,(H,19,20)(H,21,22);3-4H2,1-2H3. The number of aromatic carboxylic acids is 2. The third-order valence-corrected chi connectivity index (χ3v) is 6.12. The van der Waals surface area contributed by atoms with Gasteiger partial charge in [0.25, 0.3) is 0 Å². The molecule has 0 aliphatic carbocycles. The fraction of sp³-hybridized carbons (Fsp3) is 0.200. The molecule has 0 saturated heterocycles. The zero-order valence-corrected chi connectivity index (χ0v) is 18.3. The lowest BCUT2D eigenvalue weighted by Crippen LogP contribution is -2.05. The predicted molar refractivity (Wildman–Crippen MR) is 122 cm³/mol. The summed E-state index contributed by atoms with van der Waals surface area (Å²) < 4.78 is 0. The number of hydrogen-bond donors (Lipinski definition) is 2. The molecule has 3 rings (SSSR count). The largest absolute Gasteiger partial charge is 0.478 e. The molecule has 0 bridgehead atoms. The minimum absolute atomic E-state index is 0.108. The Bertz CT molecular complexity index is 909. The first kappa shape index (κ1) is 22.7. The van der Waals surface area contributed by atoms with Gasteiger partial charge in [0.15, 0.2) is 0 Å². The van der Waals surface area contributed by atoms with E-state index in [1.54, 1.807) is 0 Å². The highest BCUT2D eigenvalue weighted by atomic mass is 32.1. The molecule has 0 radical (unpaired) electrons. The number of nitrogens with zero attached hydrogens (tertiary/aromatic N) is 2. The summed E-state index contributed by atoms with van der Waals surface area (Å²) in [4.78, 5) is 33.2. The van der Waals surface area contributed by atoms with Crippen LogP contribution in [0.15, 0.2) is 45.0 Å². The van der Waals surface area contributed by atoms with Gasteiger partial charge in [-0.2, -0.15) is 0 Å². The summed E-state index contributed by atoms with van der Waals surface area (Å²) in [5.41, 5.74) is -0.688. The maximum atomic E-state index is 11.6. The number of aliphatic imine (C=N–C) groups is 2. The van der Waals surface area contributed by atoms with Gasteiger partial charge in [0.1, 0.15) is 21.1 Å². The molecule has 3 aromatic heterocycles. The summed E-state index contributed by atoms with van der Waals surface area (Å²) in [6, 6.07) is 7.35. The lowest BCUT2D eigenvalue weighted by Gasteiger charge is -1.96. The van der Waals surface area contributed by atoms with Crippen LogP contribution in [0.3, 0.4) is 0 Å². The van der Waals surface area contributed by atoms with Crippen molar-refractivity contribution in [3.63, 3.8) is 0 Å². The molecule has 0 spiro atoms. The molecule has 0 atom stereocenters. The molecular formula is C20H20N2O4S3. The molecule has 3 aromatic rings. The Hall–Kier alpha value is -2.62. The molecule has 0 saturated carbocycles. The van der Waals surface area contributed by atoms with E-state index >= 15 is 0 Å². The summed E-state index contributed by atoms with van der Waals surface area (Å²) in [5.74, 6) is -2.69. The average molecular weight is 449 g/mol. The number of unbranched alkanes of at least 4 members (excludes halogenated alkanes) is 1. The van der Waals surface area contributed by atoms with Crippen LogP contribution in [0.2, 0.25) is 0 Å². The quantitative estimate of drug-likeness (QED) is 0.399. The van der Waals surface area contributed by atoms with Crippen molar-refractivity contribution in [3.8, 4) is 0 Å². The minimum Gasteiger partial charge on any atom is -0.478 e. The van der Waals surface area contributed by atoms with Crippen LogP contribution in [0.25, 0.3) is 0 Å². The summed E-state index contributed by atoms with van der Waals surface area (Å²) in [7, 11) is 0. The Labute approximate surface area is 180 Å². The molecule has 29 heavy (non-hydrogen) atoms. The van der Waals surface area contributed by atoms with E-state index in [4.69, 9.17) is 0 Å². The summed E-state index contributed by atoms with van der Waals surface area (Å²) in [6.45, 7) is 4.36. The molecule has 3 heterocycles. The van der Waals surface area contributed by atoms with E-state index in [0.717, 1.165) is 21.1 Å². The average Bonchev–Trinajstić information content (AvgIpc) is 3.45. The Morgan fingerprint density at radius 2 is 1.28 bits per heavy atom. The number of carbonyl (C=O) groups is 2. The molecule has 0 aromatic carbocycles. The lowest BCUT2D eigenvalue weighted by atomic mass is 10.1. The van der Waals surface area contributed by atoms with Crippen molar-refractivity contribution in [2.45, 2.75) is 26.7 Å². The highest BCUT2D eigenvalue weighted by molar-refractivity contribution is 7.20. The number of carboxylic acid groups (broad SMARTS) is 2. The van der Waals surface area contributed by atoms with Crippen molar-refractivity contribution < 1.29 is 19.8 Å². The highest BCUT2D eigenvalue weighted by Crippen LogP contribution is 2.41. The zero-order chi connectivity index (χ0) is 21.2. The first-order valence-corrected chi connectivity index (χ1v) is 11.3. The van der Waals surface area contributed by atoms with E-state index in [2.05, 4.69) is 23.8 Å². The molecule has 6 nitrogen and oxygen atoms in total. The maximum Gasteiger partial charge on any atom is 0.339 e. The van der Waals surface area contributed by atoms with Gasteiger partial charge in [-0.15, -0.1) is 22.7 Å². The van der Waals surface area contributed by atoms with E-state index < -0.39 is 11.9 Å². The van der Waals surface area contributed by atoms with Gasteiger partial charge >= 0.3 is 11.9 Å². The van der Waals surface area contributed by atoms with Gasteiger partial charge in [0.2, 0.25) is 0 Å². The van der Waals surface area contributed by atoms with E-state index in [0.29, 0.717) is 0 Å². The van der Waals surface area contributed by atoms with E-state index in [1.807, 2.05) is 35.0 Å². The maximum absolute atomic E-state index is 11.6. The van der Waals surface area contributed by atoms with Crippen LogP contribution in [-0.2, 0) is 0 Å². The van der Waals surface area contributed by atoms with E-state index in [9.17, 15) is 19.8 Å². The molecule has 0 unspecified atom stereocenters. The Morgan fingerprint density at radius 1 is 0.862 bits per heavy atom. The van der Waals surface area contributed by atoms with Crippen LogP contribution in [0.4, 0.5) is 10.0 Å². The van der Waals surface area contributed by atoms with Gasteiger partial charge in [-0.05, 0) is 22.9 Å².